The first kappa shape index (κ1) is 20.1. The number of amides is 2. The van der Waals surface area contributed by atoms with E-state index >= 15 is 0 Å². The number of nitro groups is 1. The summed E-state index contributed by atoms with van der Waals surface area (Å²) in [5, 5.41) is 12.4. The predicted molar refractivity (Wildman–Crippen MR) is 102 cm³/mol. The molecule has 0 heterocycles. The van der Waals surface area contributed by atoms with Gasteiger partial charge in [0.15, 0.2) is 0 Å². The van der Waals surface area contributed by atoms with Crippen LogP contribution in [-0.2, 0) is 6.42 Å². The minimum atomic E-state index is -0.736. The zero-order valence-corrected chi connectivity index (χ0v) is 15.9. The summed E-state index contributed by atoms with van der Waals surface area (Å²) in [7, 11) is 0. The average molecular weight is 369 g/mol. The molecule has 0 saturated carbocycles. The SMILES string of the molecule is CCc1ccc(C(=O)N(NC(=O)c2ccccc2[N+](=O)[O-])C(C)(C)C)cc1. The maximum Gasteiger partial charge on any atom is 0.282 e. The molecular weight excluding hydrogens is 346 g/mol. The van der Waals surface area contributed by atoms with Gasteiger partial charge in [-0.05, 0) is 51.0 Å². The smallest absolute Gasteiger partial charge is 0.267 e. The van der Waals surface area contributed by atoms with E-state index in [9.17, 15) is 19.7 Å². The molecule has 7 heteroatoms. The third-order valence-electron chi connectivity index (χ3n) is 4.04. The summed E-state index contributed by atoms with van der Waals surface area (Å²) in [5.41, 5.74) is 2.89. The van der Waals surface area contributed by atoms with Crippen LogP contribution in [0.3, 0.4) is 0 Å². The number of hydrogen-bond donors (Lipinski definition) is 1. The van der Waals surface area contributed by atoms with E-state index in [-0.39, 0.29) is 11.3 Å². The van der Waals surface area contributed by atoms with Gasteiger partial charge in [-0.25, -0.2) is 5.01 Å². The zero-order valence-electron chi connectivity index (χ0n) is 15.9. The highest BCUT2D eigenvalue weighted by Crippen LogP contribution is 2.20. The lowest BCUT2D eigenvalue weighted by atomic mass is 10.0. The minimum absolute atomic E-state index is 0.106. The van der Waals surface area contributed by atoms with Gasteiger partial charge in [0, 0.05) is 11.6 Å². The Balaban J connectivity index is 2.33. The Morgan fingerprint density at radius 3 is 2.19 bits per heavy atom. The maximum absolute atomic E-state index is 13.0. The van der Waals surface area contributed by atoms with Crippen molar-refractivity contribution in [1.29, 1.82) is 0 Å². The molecule has 0 aliphatic rings. The summed E-state index contributed by atoms with van der Waals surface area (Å²) in [4.78, 5) is 36.2. The number of benzene rings is 2. The Bertz CT molecular complexity index is 854. The quantitative estimate of drug-likeness (QED) is 0.656. The van der Waals surface area contributed by atoms with Crippen molar-refractivity contribution in [3.63, 3.8) is 0 Å². The Morgan fingerprint density at radius 1 is 1.07 bits per heavy atom. The fourth-order valence-electron chi connectivity index (χ4n) is 2.52. The van der Waals surface area contributed by atoms with Crippen molar-refractivity contribution >= 4 is 17.5 Å². The van der Waals surface area contributed by atoms with Crippen molar-refractivity contribution in [3.8, 4) is 0 Å². The largest absolute Gasteiger partial charge is 0.282 e. The fourth-order valence-corrected chi connectivity index (χ4v) is 2.52. The van der Waals surface area contributed by atoms with Crippen molar-refractivity contribution < 1.29 is 14.5 Å². The first-order valence-corrected chi connectivity index (χ1v) is 8.63. The Kier molecular flexibility index (Phi) is 5.95. The van der Waals surface area contributed by atoms with Crippen LogP contribution < -0.4 is 5.43 Å². The fraction of sp³-hybridized carbons (Fsp3) is 0.300. The van der Waals surface area contributed by atoms with Gasteiger partial charge >= 0.3 is 0 Å². The molecule has 2 aromatic rings. The number of nitrogens with zero attached hydrogens (tertiary/aromatic N) is 2. The van der Waals surface area contributed by atoms with Crippen molar-refractivity contribution in [3.05, 3.63) is 75.3 Å². The lowest BCUT2D eigenvalue weighted by Gasteiger charge is -2.35. The molecule has 2 aromatic carbocycles. The summed E-state index contributed by atoms with van der Waals surface area (Å²) in [5.74, 6) is -1.10. The standard InChI is InChI=1S/C20H23N3O4/c1-5-14-10-12-15(13-11-14)19(25)22(20(2,3)4)21-18(24)16-8-6-7-9-17(16)23(26)27/h6-13H,5H2,1-4H3,(H,21,24). The van der Waals surface area contributed by atoms with Crippen LogP contribution in [0.4, 0.5) is 5.69 Å². The van der Waals surface area contributed by atoms with Crippen LogP contribution in [0.2, 0.25) is 0 Å². The second kappa shape index (κ2) is 7.99. The highest BCUT2D eigenvalue weighted by Gasteiger charge is 2.31. The summed E-state index contributed by atoms with van der Waals surface area (Å²) < 4.78 is 0. The summed E-state index contributed by atoms with van der Waals surface area (Å²) in [6.45, 7) is 7.33. The first-order valence-electron chi connectivity index (χ1n) is 8.63. The van der Waals surface area contributed by atoms with Crippen LogP contribution in [0, 0.1) is 10.1 Å². The predicted octanol–water partition coefficient (Wildman–Crippen LogP) is 3.74. The van der Waals surface area contributed by atoms with Gasteiger partial charge < -0.3 is 0 Å². The van der Waals surface area contributed by atoms with Gasteiger partial charge in [0.1, 0.15) is 5.56 Å². The van der Waals surface area contributed by atoms with Gasteiger partial charge in [-0.2, -0.15) is 0 Å². The molecule has 1 N–H and O–H groups in total. The number of para-hydroxylation sites is 1. The van der Waals surface area contributed by atoms with Crippen molar-refractivity contribution in [2.24, 2.45) is 0 Å². The molecule has 0 aromatic heterocycles. The highest BCUT2D eigenvalue weighted by atomic mass is 16.6. The van der Waals surface area contributed by atoms with E-state index in [0.29, 0.717) is 5.56 Å². The normalized spacial score (nSPS) is 11.0. The number of carbonyl (C=O) groups is 2. The second-order valence-corrected chi connectivity index (χ2v) is 7.08. The molecule has 0 radical (unpaired) electrons. The molecule has 142 valence electrons. The number of nitro benzene ring substituents is 1. The van der Waals surface area contributed by atoms with Crippen molar-refractivity contribution in [2.45, 2.75) is 39.7 Å². The molecule has 7 nitrogen and oxygen atoms in total. The molecule has 0 aliphatic carbocycles. The summed E-state index contributed by atoms with van der Waals surface area (Å²) >= 11 is 0. The highest BCUT2D eigenvalue weighted by molar-refractivity contribution is 6.01. The topological polar surface area (TPSA) is 92.6 Å². The van der Waals surface area contributed by atoms with E-state index in [1.807, 2.05) is 19.1 Å². The molecule has 0 aliphatic heterocycles. The molecule has 0 atom stereocenters. The van der Waals surface area contributed by atoms with E-state index in [0.717, 1.165) is 12.0 Å². The number of hydrazine groups is 1. The van der Waals surface area contributed by atoms with Crippen molar-refractivity contribution in [1.82, 2.24) is 10.4 Å². The molecule has 2 rings (SSSR count). The van der Waals surface area contributed by atoms with Gasteiger partial charge in [0.2, 0.25) is 0 Å². The van der Waals surface area contributed by atoms with Crippen LogP contribution in [0.15, 0.2) is 48.5 Å². The second-order valence-electron chi connectivity index (χ2n) is 7.08. The molecule has 0 unspecified atom stereocenters. The summed E-state index contributed by atoms with van der Waals surface area (Å²) in [6, 6.07) is 12.8. The van der Waals surface area contributed by atoms with Crippen LogP contribution in [0.1, 0.15) is 54.0 Å². The van der Waals surface area contributed by atoms with Gasteiger partial charge in [-0.1, -0.05) is 31.2 Å². The van der Waals surface area contributed by atoms with Crippen LogP contribution in [-0.4, -0.2) is 27.3 Å². The molecule has 0 fully saturated rings. The van der Waals surface area contributed by atoms with Gasteiger partial charge in [-0.15, -0.1) is 0 Å². The maximum atomic E-state index is 13.0. The van der Waals surface area contributed by atoms with Crippen LogP contribution in [0.5, 0.6) is 0 Å². The Hall–Kier alpha value is -3.22. The van der Waals surface area contributed by atoms with E-state index in [2.05, 4.69) is 5.43 Å². The Morgan fingerprint density at radius 2 is 1.67 bits per heavy atom. The molecule has 0 bridgehead atoms. The van der Waals surface area contributed by atoms with E-state index in [4.69, 9.17) is 0 Å². The molecule has 2 amide bonds. The van der Waals surface area contributed by atoms with E-state index in [1.165, 1.54) is 29.3 Å². The number of hydrogen-bond acceptors (Lipinski definition) is 4. The van der Waals surface area contributed by atoms with Crippen LogP contribution >= 0.6 is 0 Å². The Labute approximate surface area is 158 Å². The number of carbonyl (C=O) groups excluding carboxylic acids is 2. The average Bonchev–Trinajstić information content (AvgIpc) is 2.64. The summed E-state index contributed by atoms with van der Waals surface area (Å²) in [6.07, 6.45) is 0.853. The molecule has 0 spiro atoms. The molecule has 0 saturated heterocycles. The van der Waals surface area contributed by atoms with Gasteiger partial charge in [-0.3, -0.25) is 25.1 Å². The first-order chi connectivity index (χ1) is 12.6. The number of nitrogens with one attached hydrogen (secondary N) is 1. The van der Waals surface area contributed by atoms with Gasteiger partial charge in [0.05, 0.1) is 10.5 Å². The number of aryl methyl sites for hydroxylation is 1. The monoisotopic (exact) mass is 369 g/mol. The van der Waals surface area contributed by atoms with E-state index < -0.39 is 22.3 Å². The number of rotatable bonds is 4. The lowest BCUT2D eigenvalue weighted by Crippen LogP contribution is -2.55. The molecule has 27 heavy (non-hydrogen) atoms. The van der Waals surface area contributed by atoms with Crippen LogP contribution in [0.25, 0.3) is 0 Å². The lowest BCUT2D eigenvalue weighted by molar-refractivity contribution is -0.385. The van der Waals surface area contributed by atoms with E-state index in [1.54, 1.807) is 32.9 Å². The van der Waals surface area contributed by atoms with Gasteiger partial charge in [0.25, 0.3) is 17.5 Å². The third kappa shape index (κ3) is 4.69. The third-order valence-corrected chi connectivity index (χ3v) is 4.04. The zero-order chi connectivity index (χ0) is 20.2. The minimum Gasteiger partial charge on any atom is -0.267 e. The molecular formula is C20H23N3O4. The van der Waals surface area contributed by atoms with Crippen molar-refractivity contribution in [2.75, 3.05) is 0 Å².